The van der Waals surface area contributed by atoms with Crippen LogP contribution in [0.4, 0.5) is 0 Å². The molecule has 1 heterocycles. The summed E-state index contributed by atoms with van der Waals surface area (Å²) in [5, 5.41) is 17.4. The molecule has 0 atom stereocenters. The summed E-state index contributed by atoms with van der Waals surface area (Å²) in [5.74, 6) is -0.381. The Hall–Kier alpha value is -3.22. The fourth-order valence-corrected chi connectivity index (χ4v) is 4.22. The molecular weight excluding hydrogens is 414 g/mol. The van der Waals surface area contributed by atoms with Crippen LogP contribution in [-0.2, 0) is 29.1 Å². The van der Waals surface area contributed by atoms with Gasteiger partial charge in [0.1, 0.15) is 0 Å². The number of aliphatic hydroxyl groups is 1. The molecule has 0 radical (unpaired) electrons. The first-order valence-corrected chi connectivity index (χ1v) is 11.5. The second kappa shape index (κ2) is 11.1. The zero-order valence-corrected chi connectivity index (χ0v) is 18.8. The van der Waals surface area contributed by atoms with Crippen molar-refractivity contribution < 1.29 is 14.7 Å². The van der Waals surface area contributed by atoms with Crippen LogP contribution in [0.2, 0.25) is 0 Å². The van der Waals surface area contributed by atoms with E-state index in [9.17, 15) is 14.7 Å². The molecule has 3 aromatic carbocycles. The Balaban J connectivity index is 1.19. The smallest absolute Gasteiger partial charge is 0.239 e. The summed E-state index contributed by atoms with van der Waals surface area (Å²) in [6.07, 6.45) is 1.76. The van der Waals surface area contributed by atoms with Crippen LogP contribution >= 0.6 is 0 Å². The Bertz CT molecular complexity index is 1080. The zero-order chi connectivity index (χ0) is 23.0. The number of carbonyl (C=O) groups excluding carboxylic acids is 2. The number of nitrogens with zero attached hydrogens (tertiary/aromatic N) is 1. The number of carbonyl (C=O) groups is 2. The molecule has 0 bridgehead atoms. The van der Waals surface area contributed by atoms with E-state index in [1.807, 2.05) is 54.6 Å². The molecule has 172 valence electrons. The SMILES string of the molecule is O=C(CNC(=O)Cc1cccc2ccccc12)NCc1ccc(CN2CCC(O)CC2)cc1. The van der Waals surface area contributed by atoms with E-state index in [0.717, 1.165) is 54.4 Å². The summed E-state index contributed by atoms with van der Waals surface area (Å²) < 4.78 is 0. The van der Waals surface area contributed by atoms with Crippen LogP contribution < -0.4 is 10.6 Å². The van der Waals surface area contributed by atoms with E-state index in [1.54, 1.807) is 0 Å². The van der Waals surface area contributed by atoms with Crippen molar-refractivity contribution in [1.82, 2.24) is 15.5 Å². The van der Waals surface area contributed by atoms with E-state index in [-0.39, 0.29) is 30.9 Å². The van der Waals surface area contributed by atoms with Gasteiger partial charge in [0, 0.05) is 26.2 Å². The Kier molecular flexibility index (Phi) is 7.70. The molecular formula is C27H31N3O3. The van der Waals surface area contributed by atoms with Crippen LogP contribution in [0.15, 0.2) is 66.7 Å². The van der Waals surface area contributed by atoms with E-state index >= 15 is 0 Å². The molecule has 3 N–H and O–H groups in total. The number of amides is 2. The number of hydrogen-bond acceptors (Lipinski definition) is 4. The molecule has 2 amide bonds. The maximum absolute atomic E-state index is 12.3. The monoisotopic (exact) mass is 445 g/mol. The van der Waals surface area contributed by atoms with Crippen LogP contribution in [0, 0.1) is 0 Å². The summed E-state index contributed by atoms with van der Waals surface area (Å²) in [7, 11) is 0. The molecule has 1 fully saturated rings. The van der Waals surface area contributed by atoms with Crippen molar-refractivity contribution in [3.8, 4) is 0 Å². The number of likely N-dealkylation sites (tertiary alicyclic amines) is 1. The van der Waals surface area contributed by atoms with Crippen LogP contribution in [0.3, 0.4) is 0 Å². The van der Waals surface area contributed by atoms with Crippen LogP contribution in [0.25, 0.3) is 10.8 Å². The number of benzene rings is 3. The number of fused-ring (bicyclic) bond motifs is 1. The van der Waals surface area contributed by atoms with Crippen LogP contribution in [0.5, 0.6) is 0 Å². The molecule has 33 heavy (non-hydrogen) atoms. The quantitative estimate of drug-likeness (QED) is 0.498. The van der Waals surface area contributed by atoms with Gasteiger partial charge in [-0.2, -0.15) is 0 Å². The maximum atomic E-state index is 12.3. The molecule has 0 saturated carbocycles. The van der Waals surface area contributed by atoms with Gasteiger partial charge in [-0.1, -0.05) is 66.7 Å². The van der Waals surface area contributed by atoms with Crippen molar-refractivity contribution in [2.75, 3.05) is 19.6 Å². The summed E-state index contributed by atoms with van der Waals surface area (Å²) >= 11 is 0. The average Bonchev–Trinajstić information content (AvgIpc) is 2.84. The summed E-state index contributed by atoms with van der Waals surface area (Å²) in [4.78, 5) is 26.9. The lowest BCUT2D eigenvalue weighted by molar-refractivity contribution is -0.125. The van der Waals surface area contributed by atoms with Gasteiger partial charge in [-0.05, 0) is 40.3 Å². The fourth-order valence-electron chi connectivity index (χ4n) is 4.22. The molecule has 6 nitrogen and oxygen atoms in total. The predicted octanol–water partition coefficient (Wildman–Crippen LogP) is 2.77. The van der Waals surface area contributed by atoms with Crippen molar-refractivity contribution in [3.63, 3.8) is 0 Å². The van der Waals surface area contributed by atoms with Crippen LogP contribution in [0.1, 0.15) is 29.5 Å². The lowest BCUT2D eigenvalue weighted by atomic mass is 10.0. The Morgan fingerprint density at radius 2 is 1.55 bits per heavy atom. The first-order valence-electron chi connectivity index (χ1n) is 11.5. The fraction of sp³-hybridized carbons (Fsp3) is 0.333. The molecule has 0 unspecified atom stereocenters. The van der Waals surface area contributed by atoms with Crippen molar-refractivity contribution in [1.29, 1.82) is 0 Å². The lowest BCUT2D eigenvalue weighted by Crippen LogP contribution is -2.37. The minimum Gasteiger partial charge on any atom is -0.393 e. The van der Waals surface area contributed by atoms with Crippen molar-refractivity contribution in [2.45, 2.75) is 38.5 Å². The molecule has 1 aliphatic rings. The number of piperidine rings is 1. The van der Waals surface area contributed by atoms with E-state index < -0.39 is 0 Å². The van der Waals surface area contributed by atoms with Gasteiger partial charge in [0.15, 0.2) is 0 Å². The molecule has 0 aromatic heterocycles. The van der Waals surface area contributed by atoms with Crippen molar-refractivity contribution in [2.24, 2.45) is 0 Å². The zero-order valence-electron chi connectivity index (χ0n) is 18.8. The van der Waals surface area contributed by atoms with Crippen LogP contribution in [-0.4, -0.2) is 47.6 Å². The van der Waals surface area contributed by atoms with Gasteiger partial charge in [0.05, 0.1) is 19.1 Å². The third-order valence-corrected chi connectivity index (χ3v) is 6.15. The Morgan fingerprint density at radius 1 is 0.848 bits per heavy atom. The van der Waals surface area contributed by atoms with Gasteiger partial charge in [-0.15, -0.1) is 0 Å². The molecule has 0 spiro atoms. The third kappa shape index (κ3) is 6.63. The largest absolute Gasteiger partial charge is 0.393 e. The second-order valence-corrected chi connectivity index (χ2v) is 8.69. The predicted molar refractivity (Wildman–Crippen MR) is 129 cm³/mol. The first kappa shape index (κ1) is 23.0. The number of nitrogens with one attached hydrogen (secondary N) is 2. The van der Waals surface area contributed by atoms with E-state index in [1.165, 1.54) is 5.56 Å². The van der Waals surface area contributed by atoms with Gasteiger partial charge < -0.3 is 15.7 Å². The highest BCUT2D eigenvalue weighted by atomic mass is 16.3. The third-order valence-electron chi connectivity index (χ3n) is 6.15. The highest BCUT2D eigenvalue weighted by Gasteiger charge is 2.16. The Morgan fingerprint density at radius 3 is 2.33 bits per heavy atom. The first-order chi connectivity index (χ1) is 16.1. The molecule has 1 saturated heterocycles. The van der Waals surface area contributed by atoms with Gasteiger partial charge in [-0.25, -0.2) is 0 Å². The van der Waals surface area contributed by atoms with E-state index in [4.69, 9.17) is 0 Å². The number of hydrogen-bond donors (Lipinski definition) is 3. The molecule has 3 aromatic rings. The summed E-state index contributed by atoms with van der Waals surface area (Å²) in [5.41, 5.74) is 3.19. The minimum atomic E-state index is -0.211. The highest BCUT2D eigenvalue weighted by Crippen LogP contribution is 2.19. The average molecular weight is 446 g/mol. The maximum Gasteiger partial charge on any atom is 0.239 e. The molecule has 4 rings (SSSR count). The van der Waals surface area contributed by atoms with Crippen molar-refractivity contribution >= 4 is 22.6 Å². The summed E-state index contributed by atoms with van der Waals surface area (Å²) in [6, 6.07) is 22.1. The number of aliphatic hydroxyl groups excluding tert-OH is 1. The highest BCUT2D eigenvalue weighted by molar-refractivity contribution is 5.91. The van der Waals surface area contributed by atoms with Gasteiger partial charge in [0.2, 0.25) is 11.8 Å². The molecule has 1 aliphatic heterocycles. The standard InChI is InChI=1S/C27H31N3O3/c31-24-12-14-30(15-13-24)19-21-10-8-20(9-11-21)17-28-27(33)18-29-26(32)16-23-6-3-5-22-4-1-2-7-25(22)23/h1-11,24,31H,12-19H2,(H,28,33)(H,29,32). The molecule has 0 aliphatic carbocycles. The van der Waals surface area contributed by atoms with Crippen molar-refractivity contribution in [3.05, 3.63) is 83.4 Å². The number of rotatable bonds is 8. The Labute approximate surface area is 194 Å². The summed E-state index contributed by atoms with van der Waals surface area (Å²) in [6.45, 7) is 3.11. The van der Waals surface area contributed by atoms with E-state index in [0.29, 0.717) is 6.54 Å². The van der Waals surface area contributed by atoms with Gasteiger partial charge >= 0.3 is 0 Å². The second-order valence-electron chi connectivity index (χ2n) is 8.69. The van der Waals surface area contributed by atoms with Gasteiger partial charge in [0.25, 0.3) is 0 Å². The van der Waals surface area contributed by atoms with E-state index in [2.05, 4.69) is 27.7 Å². The normalized spacial score (nSPS) is 14.8. The molecule has 6 heteroatoms. The minimum absolute atomic E-state index is 0.0392. The topological polar surface area (TPSA) is 81.7 Å². The van der Waals surface area contributed by atoms with Gasteiger partial charge in [-0.3, -0.25) is 14.5 Å². The lowest BCUT2D eigenvalue weighted by Gasteiger charge is -2.29.